The Labute approximate surface area is 76.2 Å². The maximum absolute atomic E-state index is 11.2. The summed E-state index contributed by atoms with van der Waals surface area (Å²) in [7, 11) is -1.04. The van der Waals surface area contributed by atoms with Crippen molar-refractivity contribution in [2.75, 3.05) is 6.61 Å². The van der Waals surface area contributed by atoms with Crippen molar-refractivity contribution in [3.05, 3.63) is 11.8 Å². The molecule has 0 amide bonds. The molecule has 0 aromatic carbocycles. The average molecular weight is 186 g/mol. The molecule has 0 aromatic heterocycles. The average Bonchev–Trinajstić information content (AvgIpc) is 2.03. The summed E-state index contributed by atoms with van der Waals surface area (Å²) >= 11 is 0. The summed E-state index contributed by atoms with van der Waals surface area (Å²) in [5.41, 5.74) is 0. The van der Waals surface area contributed by atoms with Crippen LogP contribution in [0.3, 0.4) is 0 Å². The third-order valence-electron chi connectivity index (χ3n) is 1.69. The van der Waals surface area contributed by atoms with Gasteiger partial charge < -0.3 is 4.74 Å². The highest BCUT2D eigenvalue weighted by atomic mass is 28.3. The second kappa shape index (κ2) is 6.00. The van der Waals surface area contributed by atoms with Crippen LogP contribution < -0.4 is 0 Å². The van der Waals surface area contributed by atoms with Gasteiger partial charge in [-0.05, 0) is 6.42 Å². The van der Waals surface area contributed by atoms with Gasteiger partial charge in [0.1, 0.15) is 0 Å². The molecule has 12 heavy (non-hydrogen) atoms. The molecule has 0 saturated heterocycles. The molecule has 0 rings (SSSR count). The molecule has 0 spiro atoms. The lowest BCUT2D eigenvalue weighted by atomic mass is 10.4. The predicted octanol–water partition coefficient (Wildman–Crippen LogP) is 1.91. The van der Waals surface area contributed by atoms with Crippen molar-refractivity contribution in [1.82, 2.24) is 0 Å². The van der Waals surface area contributed by atoms with Crippen molar-refractivity contribution in [1.29, 1.82) is 0 Å². The molecule has 0 saturated carbocycles. The van der Waals surface area contributed by atoms with E-state index in [1.54, 1.807) is 0 Å². The Morgan fingerprint density at radius 1 is 1.50 bits per heavy atom. The fourth-order valence-electron chi connectivity index (χ4n) is 0.638. The molecule has 0 aliphatic carbocycles. The van der Waals surface area contributed by atoms with E-state index in [1.165, 1.54) is 0 Å². The summed E-state index contributed by atoms with van der Waals surface area (Å²) in [6.45, 7) is 10.5. The third kappa shape index (κ3) is 4.33. The van der Waals surface area contributed by atoms with Crippen LogP contribution in [0.4, 0.5) is 0 Å². The van der Waals surface area contributed by atoms with Gasteiger partial charge in [-0.2, -0.15) is 0 Å². The number of carbonyl (C=O) groups is 1. The van der Waals surface area contributed by atoms with Gasteiger partial charge in [0.25, 0.3) is 0 Å². The molecule has 0 radical (unpaired) electrons. The second-order valence-corrected chi connectivity index (χ2v) is 6.18. The van der Waals surface area contributed by atoms with Crippen LogP contribution in [-0.2, 0) is 9.53 Å². The molecule has 0 aliphatic rings. The van der Waals surface area contributed by atoms with Crippen molar-refractivity contribution in [3.63, 3.8) is 0 Å². The molecule has 0 atom stereocenters. The monoisotopic (exact) mass is 186 g/mol. The van der Waals surface area contributed by atoms with E-state index in [9.17, 15) is 4.79 Å². The summed E-state index contributed by atoms with van der Waals surface area (Å²) in [5, 5.41) is 0.700. The second-order valence-electron chi connectivity index (χ2n) is 3.17. The molecule has 0 heterocycles. The predicted molar refractivity (Wildman–Crippen MR) is 53.9 cm³/mol. The van der Waals surface area contributed by atoms with Crippen molar-refractivity contribution in [3.8, 4) is 0 Å². The summed E-state index contributed by atoms with van der Waals surface area (Å²) in [4.78, 5) is 11.2. The van der Waals surface area contributed by atoms with Gasteiger partial charge in [-0.1, -0.05) is 33.0 Å². The smallest absolute Gasteiger partial charge is 0.328 e. The van der Waals surface area contributed by atoms with Crippen LogP contribution in [0.2, 0.25) is 13.1 Å². The van der Waals surface area contributed by atoms with Gasteiger partial charge in [-0.15, -0.1) is 0 Å². The van der Waals surface area contributed by atoms with Gasteiger partial charge in [-0.25, -0.2) is 4.79 Å². The van der Waals surface area contributed by atoms with E-state index < -0.39 is 8.80 Å². The van der Waals surface area contributed by atoms with Crippen LogP contribution in [0.15, 0.2) is 11.8 Å². The van der Waals surface area contributed by atoms with Crippen molar-refractivity contribution < 1.29 is 9.53 Å². The van der Waals surface area contributed by atoms with E-state index >= 15 is 0 Å². The Morgan fingerprint density at radius 3 is 2.50 bits per heavy atom. The fourth-order valence-corrected chi connectivity index (χ4v) is 1.19. The molecular weight excluding hydrogens is 168 g/mol. The molecule has 0 N–H and O–H groups in total. The first-order chi connectivity index (χ1) is 5.59. The number of hydrogen-bond acceptors (Lipinski definition) is 2. The van der Waals surface area contributed by atoms with Crippen molar-refractivity contribution in [2.45, 2.75) is 32.9 Å². The van der Waals surface area contributed by atoms with Crippen LogP contribution in [0.5, 0.6) is 0 Å². The Bertz CT molecular complexity index is 164. The highest BCUT2D eigenvalue weighted by Gasteiger charge is 2.11. The molecule has 0 unspecified atom stereocenters. The SMILES string of the molecule is C=C(C(=O)OCCCC)[SiH](C)C. The molecule has 0 aliphatic heterocycles. The van der Waals surface area contributed by atoms with Gasteiger partial charge in [0.05, 0.1) is 15.4 Å². The normalized spacial score (nSPS) is 10.0. The highest BCUT2D eigenvalue weighted by Crippen LogP contribution is 2.01. The van der Waals surface area contributed by atoms with E-state index in [0.29, 0.717) is 11.8 Å². The summed E-state index contributed by atoms with van der Waals surface area (Å²) < 4.78 is 5.00. The Morgan fingerprint density at radius 2 is 2.08 bits per heavy atom. The third-order valence-corrected chi connectivity index (χ3v) is 3.32. The first-order valence-electron chi connectivity index (χ1n) is 4.45. The summed E-state index contributed by atoms with van der Waals surface area (Å²) in [6, 6.07) is 0. The van der Waals surface area contributed by atoms with E-state index in [2.05, 4.69) is 26.6 Å². The van der Waals surface area contributed by atoms with Gasteiger partial charge >= 0.3 is 5.97 Å². The molecule has 0 aromatic rings. The fraction of sp³-hybridized carbons (Fsp3) is 0.667. The van der Waals surface area contributed by atoms with Crippen molar-refractivity contribution in [2.24, 2.45) is 0 Å². The van der Waals surface area contributed by atoms with Crippen LogP contribution in [0, 0.1) is 0 Å². The number of unbranched alkanes of at least 4 members (excludes halogenated alkanes) is 1. The maximum Gasteiger partial charge on any atom is 0.328 e. The first kappa shape index (κ1) is 11.4. The van der Waals surface area contributed by atoms with Gasteiger partial charge in [0.15, 0.2) is 0 Å². The zero-order valence-electron chi connectivity index (χ0n) is 8.22. The van der Waals surface area contributed by atoms with Crippen LogP contribution in [0.25, 0.3) is 0 Å². The zero-order chi connectivity index (χ0) is 9.56. The molecule has 0 fully saturated rings. The largest absolute Gasteiger partial charge is 0.463 e. The Kier molecular flexibility index (Phi) is 5.71. The highest BCUT2D eigenvalue weighted by molar-refractivity contribution is 6.69. The van der Waals surface area contributed by atoms with Crippen molar-refractivity contribution >= 4 is 14.8 Å². The number of esters is 1. The van der Waals surface area contributed by atoms with E-state index in [0.717, 1.165) is 12.8 Å². The minimum absolute atomic E-state index is 0.190. The number of hydrogen-bond donors (Lipinski definition) is 0. The quantitative estimate of drug-likeness (QED) is 0.284. The standard InChI is InChI=1S/C9H18O2Si/c1-5-6-7-11-9(10)8(2)12(3)4/h12H,2,5-7H2,1,3-4H3. The number of ether oxygens (including phenoxy) is 1. The molecule has 2 nitrogen and oxygen atoms in total. The number of rotatable bonds is 5. The lowest BCUT2D eigenvalue weighted by molar-refractivity contribution is -0.138. The minimum atomic E-state index is -1.04. The maximum atomic E-state index is 11.2. The summed E-state index contributed by atoms with van der Waals surface area (Å²) in [5.74, 6) is -0.190. The molecule has 0 bridgehead atoms. The lowest BCUT2D eigenvalue weighted by Crippen LogP contribution is -2.17. The van der Waals surface area contributed by atoms with Crippen LogP contribution in [-0.4, -0.2) is 21.4 Å². The topological polar surface area (TPSA) is 26.3 Å². The molecule has 3 heteroatoms. The Balaban J connectivity index is 3.65. The molecule has 70 valence electrons. The van der Waals surface area contributed by atoms with Gasteiger partial charge in [0, 0.05) is 5.20 Å². The van der Waals surface area contributed by atoms with Gasteiger partial charge in [0.2, 0.25) is 0 Å². The summed E-state index contributed by atoms with van der Waals surface area (Å²) in [6.07, 6.45) is 2.00. The zero-order valence-corrected chi connectivity index (χ0v) is 9.38. The lowest BCUT2D eigenvalue weighted by Gasteiger charge is -2.07. The van der Waals surface area contributed by atoms with E-state index in [-0.39, 0.29) is 5.97 Å². The van der Waals surface area contributed by atoms with Gasteiger partial charge in [-0.3, -0.25) is 0 Å². The van der Waals surface area contributed by atoms with E-state index in [1.807, 2.05) is 0 Å². The first-order valence-corrected chi connectivity index (χ1v) is 7.34. The number of carbonyl (C=O) groups excluding carboxylic acids is 1. The Hall–Kier alpha value is -0.573. The molecular formula is C9H18O2Si. The van der Waals surface area contributed by atoms with Crippen LogP contribution >= 0.6 is 0 Å². The van der Waals surface area contributed by atoms with Crippen LogP contribution in [0.1, 0.15) is 19.8 Å². The minimum Gasteiger partial charge on any atom is -0.463 e. The van der Waals surface area contributed by atoms with E-state index in [4.69, 9.17) is 4.74 Å².